The first-order valence-electron chi connectivity index (χ1n) is 10.8. The van der Waals surface area contributed by atoms with Crippen LogP contribution >= 0.6 is 0 Å². The number of carbonyl (C=O) groups excluding carboxylic acids is 3. The predicted molar refractivity (Wildman–Crippen MR) is 116 cm³/mol. The van der Waals surface area contributed by atoms with E-state index < -0.39 is 34.2 Å². The standard InChI is InChI=1S/C21H26N6O5S/c1-13-4-6-16(7-5-13)33(31,32)24-21(30)27-11-15-9-18(27)20(29)26(15)12-17(23)19(28)25-8-2-3-14(25)10-22/h4-7,14-15,17-18H,2-3,8-9,11-12,23H2,1H3,(H,24,30)/t14-,15+,17-,18+/m0/s1. The molecule has 0 spiro atoms. The smallest absolute Gasteiger partial charge is 0.332 e. The number of urea groups is 1. The third-order valence-electron chi connectivity index (χ3n) is 6.50. The van der Waals surface area contributed by atoms with Gasteiger partial charge >= 0.3 is 6.03 Å². The van der Waals surface area contributed by atoms with Crippen molar-refractivity contribution in [2.24, 2.45) is 5.73 Å². The molecule has 1 aromatic carbocycles. The van der Waals surface area contributed by atoms with E-state index in [0.29, 0.717) is 19.4 Å². The third kappa shape index (κ3) is 4.26. The molecule has 0 aromatic heterocycles. The molecule has 3 aliphatic heterocycles. The molecule has 3 fully saturated rings. The Bertz CT molecular complexity index is 1110. The quantitative estimate of drug-likeness (QED) is 0.583. The van der Waals surface area contributed by atoms with E-state index in [1.54, 1.807) is 12.1 Å². The number of rotatable bonds is 5. The number of fused-ring (bicyclic) bond motifs is 2. The van der Waals surface area contributed by atoms with Crippen molar-refractivity contribution in [2.45, 2.75) is 55.2 Å². The van der Waals surface area contributed by atoms with Gasteiger partial charge < -0.3 is 20.4 Å². The first-order chi connectivity index (χ1) is 15.6. The van der Waals surface area contributed by atoms with Crippen LogP contribution in [0.1, 0.15) is 24.8 Å². The van der Waals surface area contributed by atoms with Gasteiger partial charge in [0, 0.05) is 19.6 Å². The van der Waals surface area contributed by atoms with Crippen LogP contribution < -0.4 is 10.5 Å². The first-order valence-corrected chi connectivity index (χ1v) is 12.3. The minimum Gasteiger partial charge on any atom is -0.334 e. The van der Waals surface area contributed by atoms with Crippen molar-refractivity contribution < 1.29 is 22.8 Å². The summed E-state index contributed by atoms with van der Waals surface area (Å²) in [5.74, 6) is -0.732. The Labute approximate surface area is 192 Å². The predicted octanol–water partition coefficient (Wildman–Crippen LogP) is -0.480. The number of amides is 4. The van der Waals surface area contributed by atoms with Crippen LogP contribution in [0.5, 0.6) is 0 Å². The lowest BCUT2D eigenvalue weighted by atomic mass is 10.2. The van der Waals surface area contributed by atoms with Crippen LogP contribution in [0.15, 0.2) is 29.2 Å². The summed E-state index contributed by atoms with van der Waals surface area (Å²) in [6.45, 7) is 2.43. The van der Waals surface area contributed by atoms with Crippen molar-refractivity contribution in [1.82, 2.24) is 19.4 Å². The van der Waals surface area contributed by atoms with Gasteiger partial charge in [0.05, 0.1) is 17.0 Å². The van der Waals surface area contributed by atoms with Crippen molar-refractivity contribution in [3.8, 4) is 6.07 Å². The molecule has 33 heavy (non-hydrogen) atoms. The summed E-state index contributed by atoms with van der Waals surface area (Å²) in [5, 5.41) is 9.19. The molecule has 176 valence electrons. The molecule has 4 rings (SSSR count). The Morgan fingerprint density at radius 1 is 1.27 bits per heavy atom. The third-order valence-corrected chi connectivity index (χ3v) is 7.83. The van der Waals surface area contributed by atoms with Gasteiger partial charge in [0.25, 0.3) is 10.0 Å². The fourth-order valence-corrected chi connectivity index (χ4v) is 5.69. The number of nitrogens with two attached hydrogens (primary N) is 1. The van der Waals surface area contributed by atoms with Gasteiger partial charge in [-0.3, -0.25) is 9.59 Å². The fraction of sp³-hybridized carbons (Fsp3) is 0.524. The highest BCUT2D eigenvalue weighted by Gasteiger charge is 2.52. The molecule has 4 amide bonds. The number of carbonyl (C=O) groups is 3. The molecule has 0 radical (unpaired) electrons. The van der Waals surface area contributed by atoms with Gasteiger partial charge in [-0.15, -0.1) is 0 Å². The van der Waals surface area contributed by atoms with Crippen molar-refractivity contribution >= 4 is 27.9 Å². The Balaban J connectivity index is 1.37. The highest BCUT2D eigenvalue weighted by Crippen LogP contribution is 2.32. The molecule has 3 N–H and O–H groups in total. The Morgan fingerprint density at radius 3 is 2.61 bits per heavy atom. The van der Waals surface area contributed by atoms with E-state index in [-0.39, 0.29) is 35.8 Å². The highest BCUT2D eigenvalue weighted by atomic mass is 32.2. The zero-order chi connectivity index (χ0) is 23.9. The summed E-state index contributed by atoms with van der Waals surface area (Å²) >= 11 is 0. The number of likely N-dealkylation sites (tertiary alicyclic amines) is 3. The second-order valence-corrected chi connectivity index (χ2v) is 10.4. The number of nitrogens with zero attached hydrogens (tertiary/aromatic N) is 4. The molecule has 3 heterocycles. The van der Waals surface area contributed by atoms with Crippen molar-refractivity contribution in [2.75, 3.05) is 19.6 Å². The normalized spacial score (nSPS) is 25.3. The molecule has 0 aliphatic carbocycles. The topological polar surface area (TPSA) is 157 Å². The summed E-state index contributed by atoms with van der Waals surface area (Å²) in [6, 6.07) is 4.70. The van der Waals surface area contributed by atoms with Gasteiger partial charge in [-0.25, -0.2) is 17.9 Å². The van der Waals surface area contributed by atoms with E-state index in [4.69, 9.17) is 5.73 Å². The van der Waals surface area contributed by atoms with Crippen LogP contribution in [-0.2, 0) is 19.6 Å². The SMILES string of the molecule is Cc1ccc(S(=O)(=O)NC(=O)N2C[C@H]3C[C@@H]2C(=O)N3C[C@H](N)C(=O)N2CCC[C@H]2C#N)cc1. The Hall–Kier alpha value is -3.17. The van der Waals surface area contributed by atoms with Gasteiger partial charge in [-0.2, -0.15) is 5.26 Å². The zero-order valence-corrected chi connectivity index (χ0v) is 19.0. The summed E-state index contributed by atoms with van der Waals surface area (Å²) in [4.78, 5) is 42.3. The zero-order valence-electron chi connectivity index (χ0n) is 18.2. The second kappa shape index (κ2) is 8.64. The number of piperazine rings is 1. The largest absolute Gasteiger partial charge is 0.334 e. The lowest BCUT2D eigenvalue weighted by molar-refractivity contribution is -0.138. The molecular formula is C21H26N6O5S. The maximum Gasteiger partial charge on any atom is 0.332 e. The van der Waals surface area contributed by atoms with Gasteiger partial charge in [0.1, 0.15) is 18.1 Å². The van der Waals surface area contributed by atoms with E-state index in [1.807, 2.05) is 11.6 Å². The van der Waals surface area contributed by atoms with Gasteiger partial charge in [-0.1, -0.05) is 17.7 Å². The fourth-order valence-electron chi connectivity index (χ4n) is 4.73. The molecule has 0 saturated carbocycles. The summed E-state index contributed by atoms with van der Waals surface area (Å²) < 4.78 is 27.1. The monoisotopic (exact) mass is 474 g/mol. The van der Waals surface area contributed by atoms with Gasteiger partial charge in [-0.05, 0) is 38.3 Å². The molecular weight excluding hydrogens is 448 g/mol. The minimum absolute atomic E-state index is 0.00932. The number of hydrogen-bond donors (Lipinski definition) is 2. The lowest BCUT2D eigenvalue weighted by Gasteiger charge is -2.35. The first kappa shape index (κ1) is 23.0. The number of benzene rings is 1. The maximum atomic E-state index is 12.9. The lowest BCUT2D eigenvalue weighted by Crippen LogP contribution is -2.59. The highest BCUT2D eigenvalue weighted by molar-refractivity contribution is 7.90. The van der Waals surface area contributed by atoms with Crippen LogP contribution in [0.4, 0.5) is 4.79 Å². The van der Waals surface area contributed by atoms with E-state index in [9.17, 15) is 28.1 Å². The molecule has 2 bridgehead atoms. The van der Waals surface area contributed by atoms with Crippen LogP contribution in [0, 0.1) is 18.3 Å². The number of hydrogen-bond acceptors (Lipinski definition) is 7. The average molecular weight is 475 g/mol. The Morgan fingerprint density at radius 2 is 1.97 bits per heavy atom. The van der Waals surface area contributed by atoms with Gasteiger partial charge in [0.15, 0.2) is 0 Å². The van der Waals surface area contributed by atoms with E-state index >= 15 is 0 Å². The van der Waals surface area contributed by atoms with Crippen molar-refractivity contribution in [1.29, 1.82) is 5.26 Å². The molecule has 3 saturated heterocycles. The number of nitrogens with one attached hydrogen (secondary N) is 1. The van der Waals surface area contributed by atoms with E-state index in [0.717, 1.165) is 12.0 Å². The maximum absolute atomic E-state index is 12.9. The summed E-state index contributed by atoms with van der Waals surface area (Å²) in [6.07, 6.45) is 1.69. The molecule has 11 nitrogen and oxygen atoms in total. The molecule has 12 heteroatoms. The second-order valence-electron chi connectivity index (χ2n) is 8.70. The van der Waals surface area contributed by atoms with Crippen LogP contribution in [0.25, 0.3) is 0 Å². The van der Waals surface area contributed by atoms with Crippen LogP contribution in [-0.4, -0.2) is 84.8 Å². The van der Waals surface area contributed by atoms with Gasteiger partial charge in [0.2, 0.25) is 11.8 Å². The number of aryl methyl sites for hydroxylation is 1. The van der Waals surface area contributed by atoms with Crippen molar-refractivity contribution in [3.63, 3.8) is 0 Å². The van der Waals surface area contributed by atoms with Crippen molar-refractivity contribution in [3.05, 3.63) is 29.8 Å². The van der Waals surface area contributed by atoms with Crippen LogP contribution in [0.2, 0.25) is 0 Å². The number of nitriles is 1. The van der Waals surface area contributed by atoms with E-state index in [1.165, 1.54) is 26.8 Å². The van der Waals surface area contributed by atoms with E-state index in [2.05, 4.69) is 6.07 Å². The molecule has 4 atom stereocenters. The summed E-state index contributed by atoms with van der Waals surface area (Å²) in [5.41, 5.74) is 6.96. The average Bonchev–Trinajstić information content (AvgIpc) is 3.49. The molecule has 1 aromatic rings. The molecule has 0 unspecified atom stereocenters. The number of sulfonamides is 1. The summed E-state index contributed by atoms with van der Waals surface area (Å²) in [7, 11) is -4.07. The Kier molecular flexibility index (Phi) is 6.02. The molecule has 3 aliphatic rings. The van der Waals surface area contributed by atoms with Crippen LogP contribution in [0.3, 0.4) is 0 Å². The minimum atomic E-state index is -4.07.